The third kappa shape index (κ3) is 1.06. The van der Waals surface area contributed by atoms with Crippen molar-refractivity contribution in [2.75, 3.05) is 0 Å². The van der Waals surface area contributed by atoms with Gasteiger partial charge in [0, 0.05) is 16.9 Å². The summed E-state index contributed by atoms with van der Waals surface area (Å²) >= 11 is 0. The van der Waals surface area contributed by atoms with Gasteiger partial charge in [-0.1, -0.05) is 5.11 Å². The number of furan rings is 1. The smallest absolute Gasteiger partial charge is 0.107 e. The minimum Gasteiger partial charge on any atom is -0.469 e. The minimum absolute atomic E-state index is 0.00231. The van der Waals surface area contributed by atoms with Crippen molar-refractivity contribution >= 4 is 0 Å². The standard InChI is InChI=1S/C8H9N3O/c9-11-10-7-2-1-3-8-6(7)4-5-12-8/h4-5,7H,1-3H2/t7-/m0/s1. The Bertz CT molecular complexity index is 325. The van der Waals surface area contributed by atoms with Crippen LogP contribution in [0.15, 0.2) is 21.9 Å². The Hall–Kier alpha value is -1.41. The number of nitrogens with zero attached hydrogens (tertiary/aromatic N) is 3. The van der Waals surface area contributed by atoms with Gasteiger partial charge in [0.2, 0.25) is 0 Å². The van der Waals surface area contributed by atoms with Gasteiger partial charge in [0.05, 0.1) is 12.3 Å². The molecule has 0 N–H and O–H groups in total. The molecule has 1 aromatic rings. The molecule has 1 aromatic heterocycles. The molecule has 4 nitrogen and oxygen atoms in total. The molecule has 0 spiro atoms. The van der Waals surface area contributed by atoms with Gasteiger partial charge in [-0.2, -0.15) is 0 Å². The third-order valence-corrected chi connectivity index (χ3v) is 2.21. The Kier molecular flexibility index (Phi) is 1.76. The number of rotatable bonds is 1. The van der Waals surface area contributed by atoms with E-state index in [4.69, 9.17) is 9.95 Å². The Balaban J connectivity index is 2.37. The number of hydrogen-bond acceptors (Lipinski definition) is 2. The Morgan fingerprint density at radius 1 is 1.67 bits per heavy atom. The van der Waals surface area contributed by atoms with E-state index in [0.29, 0.717) is 0 Å². The van der Waals surface area contributed by atoms with Gasteiger partial charge >= 0.3 is 0 Å². The average Bonchev–Trinajstić information content (AvgIpc) is 2.53. The molecule has 0 saturated carbocycles. The molecular weight excluding hydrogens is 154 g/mol. The van der Waals surface area contributed by atoms with Crippen molar-refractivity contribution in [3.63, 3.8) is 0 Å². The summed E-state index contributed by atoms with van der Waals surface area (Å²) in [6, 6.07) is 1.89. The molecule has 0 saturated heterocycles. The van der Waals surface area contributed by atoms with Crippen molar-refractivity contribution in [3.8, 4) is 0 Å². The van der Waals surface area contributed by atoms with E-state index >= 15 is 0 Å². The Labute approximate surface area is 69.8 Å². The predicted octanol–water partition coefficient (Wildman–Crippen LogP) is 2.97. The van der Waals surface area contributed by atoms with Gasteiger partial charge < -0.3 is 4.42 Å². The van der Waals surface area contributed by atoms with E-state index in [9.17, 15) is 0 Å². The van der Waals surface area contributed by atoms with Gasteiger partial charge in [-0.3, -0.25) is 0 Å². The maximum atomic E-state index is 8.31. The first-order valence-corrected chi connectivity index (χ1v) is 4.02. The summed E-state index contributed by atoms with van der Waals surface area (Å²) in [4.78, 5) is 2.82. The molecule has 4 heteroatoms. The highest BCUT2D eigenvalue weighted by molar-refractivity contribution is 5.24. The van der Waals surface area contributed by atoms with Crippen LogP contribution in [0.2, 0.25) is 0 Å². The fraction of sp³-hybridized carbons (Fsp3) is 0.500. The van der Waals surface area contributed by atoms with Crippen LogP contribution in [-0.2, 0) is 6.42 Å². The summed E-state index contributed by atoms with van der Waals surface area (Å²) in [7, 11) is 0. The van der Waals surface area contributed by atoms with Gasteiger partial charge in [-0.25, -0.2) is 0 Å². The zero-order valence-electron chi connectivity index (χ0n) is 6.60. The maximum absolute atomic E-state index is 8.31. The number of hydrogen-bond donors (Lipinski definition) is 0. The molecule has 0 amide bonds. The van der Waals surface area contributed by atoms with E-state index < -0.39 is 0 Å². The highest BCUT2D eigenvalue weighted by Gasteiger charge is 2.20. The van der Waals surface area contributed by atoms with Crippen LogP contribution in [0, 0.1) is 0 Å². The molecule has 0 aliphatic heterocycles. The van der Waals surface area contributed by atoms with E-state index in [1.165, 1.54) is 0 Å². The number of aryl methyl sites for hydroxylation is 1. The van der Waals surface area contributed by atoms with Crippen molar-refractivity contribution in [1.29, 1.82) is 0 Å². The fourth-order valence-corrected chi connectivity index (χ4v) is 1.64. The molecule has 1 aliphatic rings. The van der Waals surface area contributed by atoms with E-state index in [-0.39, 0.29) is 6.04 Å². The van der Waals surface area contributed by atoms with E-state index in [1.54, 1.807) is 6.26 Å². The molecule has 1 atom stereocenters. The fourth-order valence-electron chi connectivity index (χ4n) is 1.64. The molecule has 0 unspecified atom stereocenters. The second-order valence-corrected chi connectivity index (χ2v) is 2.91. The topological polar surface area (TPSA) is 61.9 Å². The largest absolute Gasteiger partial charge is 0.469 e. The second-order valence-electron chi connectivity index (χ2n) is 2.91. The third-order valence-electron chi connectivity index (χ3n) is 2.21. The summed E-state index contributed by atoms with van der Waals surface area (Å²) in [6.07, 6.45) is 4.62. The summed E-state index contributed by atoms with van der Waals surface area (Å²) in [5.74, 6) is 0.985. The van der Waals surface area contributed by atoms with Crippen molar-refractivity contribution in [3.05, 3.63) is 34.1 Å². The highest BCUT2D eigenvalue weighted by Crippen LogP contribution is 2.33. The summed E-state index contributed by atoms with van der Waals surface area (Å²) in [6.45, 7) is 0. The molecule has 0 aromatic carbocycles. The van der Waals surface area contributed by atoms with Gasteiger partial charge in [0.1, 0.15) is 5.76 Å². The van der Waals surface area contributed by atoms with Gasteiger partial charge in [-0.05, 0) is 24.4 Å². The van der Waals surface area contributed by atoms with Crippen LogP contribution in [0.25, 0.3) is 10.4 Å². The molecule has 1 heterocycles. The number of azide groups is 1. The zero-order chi connectivity index (χ0) is 8.39. The first-order valence-electron chi connectivity index (χ1n) is 4.02. The van der Waals surface area contributed by atoms with Gasteiger partial charge in [-0.15, -0.1) is 0 Å². The van der Waals surface area contributed by atoms with E-state index in [0.717, 1.165) is 30.6 Å². The predicted molar refractivity (Wildman–Crippen MR) is 43.5 cm³/mol. The first kappa shape index (κ1) is 7.25. The van der Waals surface area contributed by atoms with Crippen molar-refractivity contribution in [2.45, 2.75) is 25.3 Å². The average molecular weight is 163 g/mol. The monoisotopic (exact) mass is 163 g/mol. The van der Waals surface area contributed by atoms with Crippen molar-refractivity contribution in [1.82, 2.24) is 0 Å². The molecule has 62 valence electrons. The molecule has 0 radical (unpaired) electrons. The molecule has 0 bridgehead atoms. The van der Waals surface area contributed by atoms with Crippen molar-refractivity contribution in [2.24, 2.45) is 5.11 Å². The molecule has 0 fully saturated rings. The normalized spacial score (nSPS) is 21.2. The van der Waals surface area contributed by atoms with Crippen LogP contribution in [0.5, 0.6) is 0 Å². The van der Waals surface area contributed by atoms with Crippen LogP contribution in [-0.4, -0.2) is 0 Å². The van der Waals surface area contributed by atoms with E-state index in [2.05, 4.69) is 10.0 Å². The molecular formula is C8H9N3O. The van der Waals surface area contributed by atoms with Crippen LogP contribution in [0.3, 0.4) is 0 Å². The summed E-state index contributed by atoms with van der Waals surface area (Å²) in [5, 5.41) is 3.72. The Morgan fingerprint density at radius 3 is 3.42 bits per heavy atom. The lowest BCUT2D eigenvalue weighted by atomic mass is 9.94. The lowest BCUT2D eigenvalue weighted by molar-refractivity contribution is 0.453. The zero-order valence-corrected chi connectivity index (χ0v) is 6.60. The lowest BCUT2D eigenvalue weighted by Crippen LogP contribution is -2.04. The lowest BCUT2D eigenvalue weighted by Gasteiger charge is -2.15. The molecule has 2 rings (SSSR count). The van der Waals surface area contributed by atoms with E-state index in [1.807, 2.05) is 6.07 Å². The van der Waals surface area contributed by atoms with Crippen molar-refractivity contribution < 1.29 is 4.42 Å². The van der Waals surface area contributed by atoms with Gasteiger partial charge in [0.25, 0.3) is 0 Å². The highest BCUT2D eigenvalue weighted by atomic mass is 16.3. The summed E-state index contributed by atoms with van der Waals surface area (Å²) < 4.78 is 5.25. The summed E-state index contributed by atoms with van der Waals surface area (Å²) in [5.41, 5.74) is 9.38. The van der Waals surface area contributed by atoms with Gasteiger partial charge in [0.15, 0.2) is 0 Å². The number of fused-ring (bicyclic) bond motifs is 1. The SMILES string of the molecule is [N-]=[N+]=N[C@H]1CCCc2occc21. The van der Waals surface area contributed by atoms with Crippen LogP contribution < -0.4 is 0 Å². The Morgan fingerprint density at radius 2 is 2.58 bits per heavy atom. The minimum atomic E-state index is -0.00231. The van der Waals surface area contributed by atoms with Crippen LogP contribution in [0.1, 0.15) is 30.2 Å². The quantitative estimate of drug-likeness (QED) is 0.356. The van der Waals surface area contributed by atoms with Crippen LogP contribution >= 0.6 is 0 Å². The first-order chi connectivity index (χ1) is 5.92. The maximum Gasteiger partial charge on any atom is 0.107 e. The van der Waals surface area contributed by atoms with Crippen LogP contribution in [0.4, 0.5) is 0 Å². The second kappa shape index (κ2) is 2.91. The molecule has 12 heavy (non-hydrogen) atoms. The molecule has 1 aliphatic carbocycles.